The molecule has 5 aliphatic rings. The number of fused-ring (bicyclic) bond motifs is 3. The van der Waals surface area contributed by atoms with Crippen molar-refractivity contribution in [3.8, 4) is 22.8 Å². The van der Waals surface area contributed by atoms with Gasteiger partial charge in [0.1, 0.15) is 6.04 Å². The molecule has 2 atom stereocenters. The van der Waals surface area contributed by atoms with E-state index in [1.54, 1.807) is 22.4 Å². The van der Waals surface area contributed by atoms with Gasteiger partial charge in [0.25, 0.3) is 5.91 Å². The number of carbonyl (C=O) groups is 3. The number of amides is 3. The first kappa shape index (κ1) is 34.7. The van der Waals surface area contributed by atoms with Gasteiger partial charge in [-0.05, 0) is 74.2 Å². The number of H-pyrrole nitrogens is 1. The fraction of sp³-hybridized carbons (Fsp3) is 0.429. The molecule has 7 heterocycles. The van der Waals surface area contributed by atoms with Gasteiger partial charge in [0, 0.05) is 93.9 Å². The number of piperidine rings is 1. The average Bonchev–Trinajstić information content (AvgIpc) is 4.05. The molecule has 4 fully saturated rings. The van der Waals surface area contributed by atoms with E-state index in [1.807, 2.05) is 24.3 Å². The van der Waals surface area contributed by atoms with Crippen LogP contribution >= 0.6 is 0 Å². The Hall–Kier alpha value is -5.76. The smallest absolute Gasteiger partial charge is 0.329 e. The Balaban J connectivity index is 0.796. The second-order valence-corrected chi connectivity index (χ2v) is 16.2. The van der Waals surface area contributed by atoms with E-state index < -0.39 is 11.9 Å². The molecule has 1 aliphatic carbocycles. The predicted molar refractivity (Wildman–Crippen MR) is 213 cm³/mol. The van der Waals surface area contributed by atoms with Crippen LogP contribution in [0.4, 0.5) is 11.4 Å². The van der Waals surface area contributed by atoms with E-state index in [-0.39, 0.29) is 29.3 Å². The number of rotatable bonds is 6. The van der Waals surface area contributed by atoms with Crippen LogP contribution in [-0.2, 0) is 22.1 Å². The van der Waals surface area contributed by atoms with Crippen molar-refractivity contribution in [1.82, 2.24) is 39.6 Å². The lowest BCUT2D eigenvalue weighted by Gasteiger charge is -2.39. The minimum Gasteiger partial charge on any atom is -0.369 e. The van der Waals surface area contributed by atoms with Gasteiger partial charge in [0.2, 0.25) is 11.8 Å². The lowest BCUT2D eigenvalue weighted by molar-refractivity contribution is -0.135. The number of piperazine rings is 1. The van der Waals surface area contributed by atoms with Gasteiger partial charge in [-0.2, -0.15) is 0 Å². The van der Waals surface area contributed by atoms with Crippen molar-refractivity contribution >= 4 is 40.1 Å². The number of nitrogens with one attached hydrogen (secondary N) is 3. The maximum atomic E-state index is 13.5. The Bertz CT molecular complexity index is 2430. The van der Waals surface area contributed by atoms with Gasteiger partial charge >= 0.3 is 5.69 Å². The van der Waals surface area contributed by atoms with E-state index >= 15 is 0 Å². The zero-order chi connectivity index (χ0) is 38.1. The molecule has 3 aromatic heterocycles. The fourth-order valence-corrected chi connectivity index (χ4v) is 10.1. The second kappa shape index (κ2) is 13.5. The van der Waals surface area contributed by atoms with Gasteiger partial charge in [-0.25, -0.2) is 14.8 Å². The summed E-state index contributed by atoms with van der Waals surface area (Å²) in [6.45, 7) is 6.21. The fourth-order valence-electron chi connectivity index (χ4n) is 10.1. The number of para-hydroxylation sites is 1. The Morgan fingerprint density at radius 1 is 0.875 bits per heavy atom. The Labute approximate surface area is 323 Å². The summed E-state index contributed by atoms with van der Waals surface area (Å²) >= 11 is 0. The van der Waals surface area contributed by atoms with E-state index in [2.05, 4.69) is 65.6 Å². The SMILES string of the molecule is Cn1c(=O)n(C2CCC(=O)NC2=O)c2cccc(N3CC[C@H](N4CCN(c5ccc(-c6nccc(-c7cc8c([nH]7)C7(CCCC7)CNC8=O)n6)cc5)CC4)C3)c21. The number of anilines is 2. The predicted octanol–water partition coefficient (Wildman–Crippen LogP) is 3.73. The molecule has 4 aliphatic heterocycles. The standard InChI is InChI=1S/C42H46N10O4/c1-48-36-32(5-4-6-33(36)52(41(48)56)34-11-12-35(53)47-40(34)55)51-18-14-28(24-51)50-21-19-49(20-22-50)27-9-7-26(8-10-27)38-43-17-13-30(46-38)31-23-29-37(45-31)42(15-2-3-16-42)25-44-39(29)54/h4-10,13,17,23,28,34,45H,2-3,11-12,14-16,18-22,24-25H2,1H3,(H,44,54)(H,47,53,55)/t28-,34?/m0/s1. The van der Waals surface area contributed by atoms with Crippen molar-refractivity contribution < 1.29 is 14.4 Å². The number of benzene rings is 2. The van der Waals surface area contributed by atoms with Gasteiger partial charge in [-0.3, -0.25) is 33.7 Å². The minimum atomic E-state index is -0.700. The normalized spacial score (nSPS) is 22.6. The van der Waals surface area contributed by atoms with Crippen LogP contribution in [0.5, 0.6) is 0 Å². The quantitative estimate of drug-likeness (QED) is 0.220. The zero-order valence-corrected chi connectivity index (χ0v) is 31.6. The summed E-state index contributed by atoms with van der Waals surface area (Å²) < 4.78 is 3.21. The second-order valence-electron chi connectivity index (χ2n) is 16.2. The van der Waals surface area contributed by atoms with E-state index in [9.17, 15) is 19.2 Å². The third-order valence-corrected chi connectivity index (χ3v) is 13.1. The van der Waals surface area contributed by atoms with Crippen LogP contribution in [0.25, 0.3) is 33.8 Å². The van der Waals surface area contributed by atoms with Crippen molar-refractivity contribution in [3.63, 3.8) is 0 Å². The first-order valence-electron chi connectivity index (χ1n) is 20.0. The lowest BCUT2D eigenvalue weighted by atomic mass is 9.78. The molecular formula is C42H46N10O4. The summed E-state index contributed by atoms with van der Waals surface area (Å²) in [5.74, 6) is -0.0749. The molecule has 1 unspecified atom stereocenters. The Morgan fingerprint density at radius 3 is 2.46 bits per heavy atom. The highest BCUT2D eigenvalue weighted by molar-refractivity contribution is 6.01. The molecule has 10 rings (SSSR count). The molecular weight excluding hydrogens is 709 g/mol. The number of imidazole rings is 1. The van der Waals surface area contributed by atoms with Gasteiger partial charge in [-0.15, -0.1) is 0 Å². The van der Waals surface area contributed by atoms with Gasteiger partial charge < -0.3 is 20.1 Å². The zero-order valence-electron chi connectivity index (χ0n) is 31.6. The summed E-state index contributed by atoms with van der Waals surface area (Å²) in [5, 5.41) is 5.53. The highest BCUT2D eigenvalue weighted by Gasteiger charge is 2.43. The van der Waals surface area contributed by atoms with Crippen LogP contribution in [0.2, 0.25) is 0 Å². The first-order valence-corrected chi connectivity index (χ1v) is 20.0. The topological polar surface area (TPSA) is 153 Å². The van der Waals surface area contributed by atoms with Crippen LogP contribution in [0.3, 0.4) is 0 Å². The Morgan fingerprint density at radius 2 is 1.68 bits per heavy atom. The maximum Gasteiger partial charge on any atom is 0.329 e. The first-order chi connectivity index (χ1) is 27.3. The molecule has 1 saturated carbocycles. The molecule has 56 heavy (non-hydrogen) atoms. The molecule has 3 saturated heterocycles. The summed E-state index contributed by atoms with van der Waals surface area (Å²) in [6.07, 6.45) is 7.90. The van der Waals surface area contributed by atoms with Gasteiger partial charge in [0.15, 0.2) is 5.82 Å². The number of hydrogen-bond donors (Lipinski definition) is 3. The van der Waals surface area contributed by atoms with Gasteiger partial charge in [-0.1, -0.05) is 18.9 Å². The molecule has 5 aromatic rings. The summed E-state index contributed by atoms with van der Waals surface area (Å²) in [6, 6.07) is 18.0. The number of nitrogens with zero attached hydrogens (tertiary/aromatic N) is 7. The van der Waals surface area contributed by atoms with Crippen molar-refractivity contribution in [2.24, 2.45) is 7.05 Å². The summed E-state index contributed by atoms with van der Waals surface area (Å²) in [7, 11) is 1.77. The molecule has 0 radical (unpaired) electrons. The van der Waals surface area contributed by atoms with E-state index in [0.717, 1.165) is 103 Å². The van der Waals surface area contributed by atoms with Crippen LogP contribution in [0, 0.1) is 0 Å². The molecule has 2 aromatic carbocycles. The summed E-state index contributed by atoms with van der Waals surface area (Å²) in [5.41, 5.74) is 7.87. The number of aryl methyl sites for hydroxylation is 1. The van der Waals surface area contributed by atoms with Crippen LogP contribution in [0.1, 0.15) is 67.0 Å². The van der Waals surface area contributed by atoms with E-state index in [1.165, 1.54) is 18.5 Å². The number of aromatic amines is 1. The van der Waals surface area contributed by atoms with Gasteiger partial charge in [0.05, 0.1) is 33.7 Å². The average molecular weight is 755 g/mol. The Kier molecular flexibility index (Phi) is 8.35. The highest BCUT2D eigenvalue weighted by atomic mass is 16.2. The van der Waals surface area contributed by atoms with Crippen molar-refractivity contribution in [1.29, 1.82) is 0 Å². The van der Waals surface area contributed by atoms with E-state index in [0.29, 0.717) is 24.8 Å². The molecule has 3 N–H and O–H groups in total. The highest BCUT2D eigenvalue weighted by Crippen LogP contribution is 2.44. The number of imide groups is 1. The molecule has 288 valence electrons. The molecule has 0 bridgehead atoms. The number of carbonyl (C=O) groups excluding carboxylic acids is 3. The maximum absolute atomic E-state index is 13.5. The lowest BCUT2D eigenvalue weighted by Crippen LogP contribution is -2.51. The summed E-state index contributed by atoms with van der Waals surface area (Å²) in [4.78, 5) is 71.4. The molecule has 1 spiro atoms. The monoisotopic (exact) mass is 754 g/mol. The van der Waals surface area contributed by atoms with Crippen molar-refractivity contribution in [2.75, 3.05) is 55.6 Å². The number of aromatic nitrogens is 5. The largest absolute Gasteiger partial charge is 0.369 e. The molecule has 3 amide bonds. The number of hydrogen-bond acceptors (Lipinski definition) is 9. The molecule has 14 heteroatoms. The van der Waals surface area contributed by atoms with Crippen LogP contribution < -0.4 is 26.1 Å². The third-order valence-electron chi connectivity index (χ3n) is 13.1. The van der Waals surface area contributed by atoms with E-state index in [4.69, 9.17) is 4.98 Å². The minimum absolute atomic E-state index is 0.00360. The molecule has 14 nitrogen and oxygen atoms in total. The van der Waals surface area contributed by atoms with Crippen LogP contribution in [0.15, 0.2) is 65.6 Å². The van der Waals surface area contributed by atoms with Crippen molar-refractivity contribution in [3.05, 3.63) is 82.5 Å². The van der Waals surface area contributed by atoms with Crippen molar-refractivity contribution in [2.45, 2.75) is 62.4 Å². The third kappa shape index (κ3) is 5.72. The van der Waals surface area contributed by atoms with Crippen LogP contribution in [-0.4, -0.2) is 98.6 Å².